The highest BCUT2D eigenvalue weighted by Crippen LogP contribution is 2.27. The average molecular weight is 430 g/mol. The van der Waals surface area contributed by atoms with Gasteiger partial charge in [-0.1, -0.05) is 24.4 Å². The van der Waals surface area contributed by atoms with Gasteiger partial charge in [0.1, 0.15) is 12.5 Å². The zero-order valence-corrected chi connectivity index (χ0v) is 17.3. The van der Waals surface area contributed by atoms with Crippen LogP contribution in [0.15, 0.2) is 36.7 Å². The Hall–Kier alpha value is -2.87. The van der Waals surface area contributed by atoms with Gasteiger partial charge < -0.3 is 15.5 Å². The summed E-state index contributed by atoms with van der Waals surface area (Å²) in [5, 5.41) is 10.5. The van der Waals surface area contributed by atoms with Crippen molar-refractivity contribution in [3.8, 4) is 0 Å². The van der Waals surface area contributed by atoms with Crippen molar-refractivity contribution in [3.05, 3.63) is 41.7 Å². The topological polar surface area (TPSA) is 96.3 Å². The number of benzene rings is 1. The highest BCUT2D eigenvalue weighted by atomic mass is 35.5. The monoisotopic (exact) mass is 429 g/mol. The molecule has 1 aromatic heterocycles. The number of halogens is 1. The summed E-state index contributed by atoms with van der Waals surface area (Å²) in [7, 11) is 0. The minimum atomic E-state index is -0.755. The number of nitrogens with one attached hydrogen (secondary N) is 2. The molecule has 2 aliphatic rings. The second kappa shape index (κ2) is 8.87. The Labute approximate surface area is 179 Å². The minimum Gasteiger partial charge on any atom is -0.352 e. The van der Waals surface area contributed by atoms with E-state index in [-0.39, 0.29) is 30.3 Å². The van der Waals surface area contributed by atoms with Crippen LogP contribution in [-0.2, 0) is 20.9 Å². The van der Waals surface area contributed by atoms with E-state index in [1.54, 1.807) is 35.4 Å². The lowest BCUT2D eigenvalue weighted by molar-refractivity contribution is -0.129. The number of aromatic nitrogens is 2. The van der Waals surface area contributed by atoms with E-state index in [0.29, 0.717) is 23.7 Å². The van der Waals surface area contributed by atoms with Gasteiger partial charge in [-0.25, -0.2) is 0 Å². The fourth-order valence-electron chi connectivity index (χ4n) is 4.04. The molecular weight excluding hydrogens is 406 g/mol. The summed E-state index contributed by atoms with van der Waals surface area (Å²) in [4.78, 5) is 39.0. The van der Waals surface area contributed by atoms with Crippen LogP contribution >= 0.6 is 11.6 Å². The van der Waals surface area contributed by atoms with E-state index in [9.17, 15) is 14.4 Å². The molecule has 0 radical (unpaired) electrons. The molecule has 2 aromatic rings. The Morgan fingerprint density at radius 2 is 1.87 bits per heavy atom. The molecule has 9 heteroatoms. The molecule has 2 fully saturated rings. The number of carbonyl (C=O) groups excluding carboxylic acids is 3. The van der Waals surface area contributed by atoms with E-state index in [0.717, 1.165) is 31.4 Å². The maximum absolute atomic E-state index is 12.7. The van der Waals surface area contributed by atoms with Crippen molar-refractivity contribution in [1.82, 2.24) is 15.1 Å². The highest BCUT2D eigenvalue weighted by Gasteiger charge is 2.37. The van der Waals surface area contributed by atoms with E-state index in [1.807, 2.05) is 0 Å². The van der Waals surface area contributed by atoms with Gasteiger partial charge in [-0.2, -0.15) is 5.10 Å². The summed E-state index contributed by atoms with van der Waals surface area (Å²) < 4.78 is 1.48. The van der Waals surface area contributed by atoms with Crippen molar-refractivity contribution in [2.75, 3.05) is 16.8 Å². The number of nitrogens with zero attached hydrogens (tertiary/aromatic N) is 3. The molecule has 3 amide bonds. The zero-order chi connectivity index (χ0) is 21.1. The molecule has 1 aromatic carbocycles. The maximum atomic E-state index is 12.7. The van der Waals surface area contributed by atoms with E-state index in [1.165, 1.54) is 10.9 Å². The normalized spacial score (nSPS) is 19.3. The first-order chi connectivity index (χ1) is 14.5. The van der Waals surface area contributed by atoms with E-state index >= 15 is 0 Å². The van der Waals surface area contributed by atoms with Crippen LogP contribution in [0.4, 0.5) is 11.4 Å². The Kier molecular flexibility index (Phi) is 6.03. The molecule has 1 aliphatic heterocycles. The lowest BCUT2D eigenvalue weighted by Crippen LogP contribution is -2.35. The lowest BCUT2D eigenvalue weighted by Gasteiger charge is -2.16. The molecule has 1 aliphatic carbocycles. The zero-order valence-electron chi connectivity index (χ0n) is 16.5. The second-order valence-electron chi connectivity index (χ2n) is 7.77. The van der Waals surface area contributed by atoms with Gasteiger partial charge in [-0.05, 0) is 43.5 Å². The summed E-state index contributed by atoms with van der Waals surface area (Å²) in [6.45, 7) is 0.568. The van der Waals surface area contributed by atoms with E-state index in [4.69, 9.17) is 11.6 Å². The number of amides is 3. The predicted molar refractivity (Wildman–Crippen MR) is 113 cm³/mol. The molecule has 1 unspecified atom stereocenters. The van der Waals surface area contributed by atoms with Gasteiger partial charge in [0.05, 0.1) is 11.9 Å². The maximum Gasteiger partial charge on any atom is 0.241 e. The molecule has 1 saturated heterocycles. The first-order valence-electron chi connectivity index (χ1n) is 10.2. The number of hydrogen-bond donors (Lipinski definition) is 2. The van der Waals surface area contributed by atoms with Crippen LogP contribution < -0.4 is 15.5 Å². The predicted octanol–water partition coefficient (Wildman–Crippen LogP) is 2.59. The summed E-state index contributed by atoms with van der Waals surface area (Å²) in [6.07, 6.45) is 7.87. The molecule has 0 bridgehead atoms. The first kappa shape index (κ1) is 20.4. The number of anilines is 2. The van der Waals surface area contributed by atoms with Crippen LogP contribution in [0.5, 0.6) is 0 Å². The molecule has 2 heterocycles. The van der Waals surface area contributed by atoms with Crippen molar-refractivity contribution >= 4 is 40.7 Å². The smallest absolute Gasteiger partial charge is 0.241 e. The van der Waals surface area contributed by atoms with Crippen LogP contribution in [0.25, 0.3) is 0 Å². The third kappa shape index (κ3) is 4.64. The molecule has 0 spiro atoms. The Balaban J connectivity index is 1.31. The average Bonchev–Trinajstić information content (AvgIpc) is 3.45. The minimum absolute atomic E-state index is 0.0903. The number of carbonyl (C=O) groups is 3. The second-order valence-corrected chi connectivity index (χ2v) is 8.21. The van der Waals surface area contributed by atoms with Gasteiger partial charge in [0.15, 0.2) is 0 Å². The lowest BCUT2D eigenvalue weighted by atomic mass is 10.1. The fraction of sp³-hybridized carbons (Fsp3) is 0.429. The van der Waals surface area contributed by atoms with Gasteiger partial charge >= 0.3 is 0 Å². The Morgan fingerprint density at radius 3 is 2.60 bits per heavy atom. The number of hydrogen-bond acceptors (Lipinski definition) is 4. The van der Waals surface area contributed by atoms with Crippen molar-refractivity contribution < 1.29 is 14.4 Å². The van der Waals surface area contributed by atoms with E-state index in [2.05, 4.69) is 15.7 Å². The molecule has 158 valence electrons. The van der Waals surface area contributed by atoms with Crippen molar-refractivity contribution in [2.45, 2.75) is 44.7 Å². The van der Waals surface area contributed by atoms with Crippen LogP contribution in [0.3, 0.4) is 0 Å². The summed E-state index contributed by atoms with van der Waals surface area (Å²) in [5.41, 5.74) is 1.19. The molecule has 1 saturated carbocycles. The molecule has 1 atom stereocenters. The van der Waals surface area contributed by atoms with Crippen molar-refractivity contribution in [2.24, 2.45) is 5.92 Å². The molecule has 30 heavy (non-hydrogen) atoms. The third-order valence-electron chi connectivity index (χ3n) is 5.59. The molecule has 2 N–H and O–H groups in total. The van der Waals surface area contributed by atoms with Gasteiger partial charge in [0.25, 0.3) is 0 Å². The van der Waals surface area contributed by atoms with Gasteiger partial charge in [0, 0.05) is 29.5 Å². The van der Waals surface area contributed by atoms with Crippen LogP contribution in [-0.4, -0.2) is 40.1 Å². The van der Waals surface area contributed by atoms with Gasteiger partial charge in [-0.3, -0.25) is 19.1 Å². The third-order valence-corrected chi connectivity index (χ3v) is 5.84. The Bertz CT molecular complexity index is 936. The van der Waals surface area contributed by atoms with Crippen LogP contribution in [0, 0.1) is 5.92 Å². The van der Waals surface area contributed by atoms with Gasteiger partial charge in [-0.15, -0.1) is 0 Å². The fourth-order valence-corrected chi connectivity index (χ4v) is 4.16. The highest BCUT2D eigenvalue weighted by molar-refractivity contribution is 6.30. The van der Waals surface area contributed by atoms with Crippen LogP contribution in [0.2, 0.25) is 5.02 Å². The summed E-state index contributed by atoms with van der Waals surface area (Å²) >= 11 is 5.90. The quantitative estimate of drug-likeness (QED) is 0.690. The largest absolute Gasteiger partial charge is 0.352 e. The molecule has 8 nitrogen and oxygen atoms in total. The summed E-state index contributed by atoms with van der Waals surface area (Å²) in [5.74, 6) is -1.45. The number of rotatable bonds is 6. The molecule has 4 rings (SSSR count). The first-order valence-corrected chi connectivity index (χ1v) is 10.6. The summed E-state index contributed by atoms with van der Waals surface area (Å²) in [6, 6.07) is 7.22. The standard InChI is InChI=1S/C21H24ClN5O3/c22-14-5-7-17(8-6-14)27-10-9-18(21(27)30)20(29)25-16-11-23-26(12-16)13-19(28)24-15-3-1-2-4-15/h5-8,11-12,15,18H,1-4,9-10,13H2,(H,24,28)(H,25,29). The van der Waals surface area contributed by atoms with Crippen molar-refractivity contribution in [3.63, 3.8) is 0 Å². The Morgan fingerprint density at radius 1 is 1.13 bits per heavy atom. The van der Waals surface area contributed by atoms with Crippen molar-refractivity contribution in [1.29, 1.82) is 0 Å². The SMILES string of the molecule is O=C(Cn1cc(NC(=O)C2CCN(c3ccc(Cl)cc3)C2=O)cn1)NC1CCCC1. The van der Waals surface area contributed by atoms with E-state index < -0.39 is 5.92 Å². The van der Waals surface area contributed by atoms with Crippen LogP contribution in [0.1, 0.15) is 32.1 Å². The molecular formula is C21H24ClN5O3. The van der Waals surface area contributed by atoms with Gasteiger partial charge in [0.2, 0.25) is 17.7 Å².